The number of nitrogens with one attached hydrogen (secondary N) is 2. The number of pyridine rings is 1. The van der Waals surface area contributed by atoms with E-state index in [-0.39, 0.29) is 17.9 Å². The van der Waals surface area contributed by atoms with Crippen molar-refractivity contribution >= 4 is 38.9 Å². The normalized spacial score (nSPS) is 25.6. The molecule has 5 heterocycles. The summed E-state index contributed by atoms with van der Waals surface area (Å²) in [6.07, 6.45) is 4.03. The molecular weight excluding hydrogens is 324 g/mol. The number of hydrogen-bond acceptors (Lipinski definition) is 5. The van der Waals surface area contributed by atoms with Crippen LogP contribution in [0.15, 0.2) is 17.6 Å². The molecule has 0 radical (unpaired) electrons. The number of carbonyl (C=O) groups is 2. The molecule has 2 amide bonds. The minimum atomic E-state index is -0.129. The summed E-state index contributed by atoms with van der Waals surface area (Å²) in [5.41, 5.74) is 1.14. The van der Waals surface area contributed by atoms with Crippen molar-refractivity contribution in [1.82, 2.24) is 15.2 Å². The Morgan fingerprint density at radius 3 is 2.79 bits per heavy atom. The Balaban J connectivity index is 1.54. The van der Waals surface area contributed by atoms with Gasteiger partial charge in [-0.05, 0) is 37.9 Å². The Morgan fingerprint density at radius 1 is 1.33 bits per heavy atom. The highest BCUT2D eigenvalue weighted by molar-refractivity contribution is 7.17. The van der Waals surface area contributed by atoms with Crippen LogP contribution < -0.4 is 10.6 Å². The van der Waals surface area contributed by atoms with Crippen LogP contribution in [0.2, 0.25) is 0 Å². The van der Waals surface area contributed by atoms with E-state index in [0.29, 0.717) is 11.6 Å². The summed E-state index contributed by atoms with van der Waals surface area (Å²) in [5, 5.41) is 8.70. The Hall–Kier alpha value is -1.99. The molecule has 2 aromatic rings. The SMILES string of the molecule is CC(=O)Nc1csc2cnc(C(=O)N[C@H]3CN4CCC3CC4)cc12. The topological polar surface area (TPSA) is 74.3 Å². The molecule has 3 aliphatic heterocycles. The lowest BCUT2D eigenvalue weighted by Gasteiger charge is -2.44. The Kier molecular flexibility index (Phi) is 3.97. The zero-order chi connectivity index (χ0) is 16.7. The largest absolute Gasteiger partial charge is 0.346 e. The molecule has 0 unspecified atom stereocenters. The fourth-order valence-corrected chi connectivity index (χ4v) is 4.55. The van der Waals surface area contributed by atoms with Gasteiger partial charge in [-0.2, -0.15) is 0 Å². The third-order valence-electron chi connectivity index (χ3n) is 4.98. The third kappa shape index (κ3) is 2.89. The fraction of sp³-hybridized carbons (Fsp3) is 0.471. The van der Waals surface area contributed by atoms with Crippen LogP contribution in [-0.2, 0) is 4.79 Å². The van der Waals surface area contributed by atoms with Gasteiger partial charge in [-0.25, -0.2) is 4.98 Å². The molecular formula is C17H20N4O2S. The second-order valence-electron chi connectivity index (χ2n) is 6.61. The van der Waals surface area contributed by atoms with Crippen LogP contribution in [0, 0.1) is 5.92 Å². The van der Waals surface area contributed by atoms with Gasteiger partial charge >= 0.3 is 0 Å². The number of hydrogen-bond donors (Lipinski definition) is 2. The van der Waals surface area contributed by atoms with E-state index in [2.05, 4.69) is 20.5 Å². The van der Waals surface area contributed by atoms with Gasteiger partial charge in [0.25, 0.3) is 5.91 Å². The molecule has 126 valence electrons. The van der Waals surface area contributed by atoms with Crippen molar-refractivity contribution in [1.29, 1.82) is 0 Å². The average Bonchev–Trinajstić information content (AvgIpc) is 2.97. The summed E-state index contributed by atoms with van der Waals surface area (Å²) in [5.74, 6) is 0.333. The van der Waals surface area contributed by atoms with Crippen molar-refractivity contribution < 1.29 is 9.59 Å². The van der Waals surface area contributed by atoms with Gasteiger partial charge in [-0.1, -0.05) is 0 Å². The predicted molar refractivity (Wildman–Crippen MR) is 94.3 cm³/mol. The van der Waals surface area contributed by atoms with Crippen LogP contribution in [0.4, 0.5) is 5.69 Å². The highest BCUT2D eigenvalue weighted by atomic mass is 32.1. The van der Waals surface area contributed by atoms with E-state index in [4.69, 9.17) is 0 Å². The smallest absolute Gasteiger partial charge is 0.270 e. The zero-order valence-corrected chi connectivity index (χ0v) is 14.4. The van der Waals surface area contributed by atoms with Crippen molar-refractivity contribution in [2.45, 2.75) is 25.8 Å². The highest BCUT2D eigenvalue weighted by Gasteiger charge is 2.35. The first kappa shape index (κ1) is 15.5. The van der Waals surface area contributed by atoms with E-state index in [1.165, 1.54) is 18.3 Å². The monoisotopic (exact) mass is 344 g/mol. The van der Waals surface area contributed by atoms with Crippen molar-refractivity contribution in [3.8, 4) is 0 Å². The summed E-state index contributed by atoms with van der Waals surface area (Å²) in [4.78, 5) is 30.6. The number of aromatic nitrogens is 1. The third-order valence-corrected chi connectivity index (χ3v) is 5.91. The number of thiophene rings is 1. The molecule has 0 aliphatic carbocycles. The molecule has 2 aromatic heterocycles. The van der Waals surface area contributed by atoms with E-state index in [0.717, 1.165) is 48.2 Å². The van der Waals surface area contributed by atoms with E-state index >= 15 is 0 Å². The molecule has 1 atom stereocenters. The highest BCUT2D eigenvalue weighted by Crippen LogP contribution is 2.31. The molecule has 0 saturated carbocycles. The van der Waals surface area contributed by atoms with Crippen LogP contribution in [-0.4, -0.2) is 47.4 Å². The van der Waals surface area contributed by atoms with Gasteiger partial charge in [0.2, 0.25) is 5.91 Å². The number of carbonyl (C=O) groups excluding carboxylic acids is 2. The summed E-state index contributed by atoms with van der Waals surface area (Å²) in [6.45, 7) is 4.71. The number of amides is 2. The van der Waals surface area contributed by atoms with Crippen LogP contribution in [0.3, 0.4) is 0 Å². The summed E-state index contributed by atoms with van der Waals surface area (Å²) >= 11 is 1.51. The van der Waals surface area contributed by atoms with Gasteiger partial charge in [-0.3, -0.25) is 9.59 Å². The van der Waals surface area contributed by atoms with Crippen molar-refractivity contribution in [3.05, 3.63) is 23.3 Å². The lowest BCUT2D eigenvalue weighted by atomic mass is 9.84. The Bertz CT molecular complexity index is 795. The maximum Gasteiger partial charge on any atom is 0.270 e. The van der Waals surface area contributed by atoms with Crippen LogP contribution in [0.1, 0.15) is 30.3 Å². The number of fused-ring (bicyclic) bond motifs is 4. The van der Waals surface area contributed by atoms with E-state index in [9.17, 15) is 9.59 Å². The first-order valence-electron chi connectivity index (χ1n) is 8.28. The van der Waals surface area contributed by atoms with Gasteiger partial charge in [0.1, 0.15) is 5.69 Å². The minimum absolute atomic E-state index is 0.121. The molecule has 3 fully saturated rings. The average molecular weight is 344 g/mol. The summed E-state index contributed by atoms with van der Waals surface area (Å²) < 4.78 is 0.957. The lowest BCUT2D eigenvalue weighted by molar-refractivity contribution is -0.114. The Morgan fingerprint density at radius 2 is 2.12 bits per heavy atom. The Labute approximate surface area is 144 Å². The molecule has 7 heteroatoms. The van der Waals surface area contributed by atoms with Crippen LogP contribution >= 0.6 is 11.3 Å². The van der Waals surface area contributed by atoms with Crippen LogP contribution in [0.25, 0.3) is 10.1 Å². The van der Waals surface area contributed by atoms with Gasteiger partial charge in [0, 0.05) is 36.5 Å². The van der Waals surface area contributed by atoms with Gasteiger partial charge in [0.15, 0.2) is 0 Å². The minimum Gasteiger partial charge on any atom is -0.346 e. The maximum atomic E-state index is 12.6. The maximum absolute atomic E-state index is 12.6. The molecule has 24 heavy (non-hydrogen) atoms. The predicted octanol–water partition coefficient (Wildman–Crippen LogP) is 2.08. The van der Waals surface area contributed by atoms with Crippen molar-refractivity contribution in [2.24, 2.45) is 5.92 Å². The zero-order valence-electron chi connectivity index (χ0n) is 13.5. The van der Waals surface area contributed by atoms with Crippen LogP contribution in [0.5, 0.6) is 0 Å². The summed E-state index contributed by atoms with van der Waals surface area (Å²) in [6, 6.07) is 1.99. The number of rotatable bonds is 3. The first-order chi connectivity index (χ1) is 11.6. The summed E-state index contributed by atoms with van der Waals surface area (Å²) in [7, 11) is 0. The number of piperidine rings is 3. The second kappa shape index (κ2) is 6.14. The number of anilines is 1. The van der Waals surface area contributed by atoms with Crippen molar-refractivity contribution in [2.75, 3.05) is 25.0 Å². The molecule has 0 aromatic carbocycles. The van der Waals surface area contributed by atoms with E-state index in [1.807, 2.05) is 5.38 Å². The lowest BCUT2D eigenvalue weighted by Crippen LogP contribution is -2.57. The number of nitrogens with zero attached hydrogens (tertiary/aromatic N) is 2. The van der Waals surface area contributed by atoms with Crippen molar-refractivity contribution in [3.63, 3.8) is 0 Å². The molecule has 2 bridgehead atoms. The molecule has 6 nitrogen and oxygen atoms in total. The molecule has 3 aliphatic rings. The standard InChI is InChI=1S/C17H20N4O2S/c1-10(22)19-15-9-24-16-7-18-13(6-12(15)16)17(23)20-14-8-21-4-2-11(14)3-5-21/h6-7,9,11,14H,2-5,8H2,1H3,(H,19,22)(H,20,23)/t14-/m0/s1. The van der Waals surface area contributed by atoms with Gasteiger partial charge in [0.05, 0.1) is 10.4 Å². The molecule has 2 N–H and O–H groups in total. The first-order valence-corrected chi connectivity index (χ1v) is 9.16. The van der Waals surface area contributed by atoms with Gasteiger partial charge < -0.3 is 15.5 Å². The quantitative estimate of drug-likeness (QED) is 0.894. The van der Waals surface area contributed by atoms with E-state index < -0.39 is 0 Å². The second-order valence-corrected chi connectivity index (χ2v) is 7.53. The van der Waals surface area contributed by atoms with E-state index in [1.54, 1.807) is 12.3 Å². The molecule has 3 saturated heterocycles. The molecule has 5 rings (SSSR count). The van der Waals surface area contributed by atoms with Gasteiger partial charge in [-0.15, -0.1) is 11.3 Å². The fourth-order valence-electron chi connectivity index (χ4n) is 3.71. The molecule has 0 spiro atoms.